The van der Waals surface area contributed by atoms with Crippen molar-refractivity contribution in [3.63, 3.8) is 0 Å². The minimum atomic E-state index is -2.81. The summed E-state index contributed by atoms with van der Waals surface area (Å²) in [5, 5.41) is 0. The van der Waals surface area contributed by atoms with Crippen LogP contribution in [0, 0.1) is 0 Å². The molecule has 0 amide bonds. The Morgan fingerprint density at radius 2 is 2.29 bits per heavy atom. The van der Waals surface area contributed by atoms with E-state index in [2.05, 4.69) is 9.97 Å². The largest absolute Gasteiger partial charge is 0.353 e. The first kappa shape index (κ1) is 10.6. The van der Waals surface area contributed by atoms with Gasteiger partial charge in [-0.3, -0.25) is 4.79 Å². The van der Waals surface area contributed by atoms with Crippen molar-refractivity contribution in [2.45, 2.75) is 12.8 Å². The minimum absolute atomic E-state index is 0.232. The maximum Gasteiger partial charge on any atom is 0.262 e. The third-order valence-electron chi connectivity index (χ3n) is 1.57. The van der Waals surface area contributed by atoms with Crippen LogP contribution < -0.4 is 10.5 Å². The van der Waals surface area contributed by atoms with Gasteiger partial charge >= 0.3 is 0 Å². The third kappa shape index (κ3) is 3.12. The molecule has 1 rings (SSSR count). The molecule has 1 aromatic heterocycles. The Morgan fingerprint density at radius 3 is 2.79 bits per heavy atom. The number of rotatable bonds is 3. The van der Waals surface area contributed by atoms with E-state index in [1.807, 2.05) is 0 Å². The van der Waals surface area contributed by atoms with Crippen molar-refractivity contribution in [1.29, 1.82) is 0 Å². The Balaban J connectivity index is 2.80. The van der Waals surface area contributed by atoms with Crippen molar-refractivity contribution in [3.05, 3.63) is 22.7 Å². The fourth-order valence-electron chi connectivity index (χ4n) is 1.06. The zero-order chi connectivity index (χ0) is 10.8. The van der Waals surface area contributed by atoms with E-state index in [0.29, 0.717) is 0 Å². The molecule has 1 heterocycles. The highest BCUT2D eigenvalue weighted by Crippen LogP contribution is 2.15. The van der Waals surface area contributed by atoms with E-state index < -0.39 is 12.5 Å². The Hall–Kier alpha value is -1.46. The van der Waals surface area contributed by atoms with Crippen LogP contribution in [0.5, 0.6) is 0 Å². The first-order valence-corrected chi connectivity index (χ1v) is 4.02. The van der Waals surface area contributed by atoms with Gasteiger partial charge in [-0.15, -0.1) is 0 Å². The monoisotopic (exact) mass is 203 g/mol. The minimum Gasteiger partial charge on any atom is -0.353 e. The first-order valence-electron chi connectivity index (χ1n) is 4.02. The van der Waals surface area contributed by atoms with Crippen LogP contribution in [0.3, 0.4) is 0 Å². The molecule has 0 saturated heterocycles. The number of alkyl halides is 2. The highest BCUT2D eigenvalue weighted by molar-refractivity contribution is 5.35. The number of aromatic nitrogens is 2. The lowest BCUT2D eigenvalue weighted by Gasteiger charge is -2.21. The van der Waals surface area contributed by atoms with Crippen LogP contribution >= 0.6 is 0 Å². The number of hydrogen-bond donors (Lipinski definition) is 1. The molecule has 0 spiro atoms. The molecular weight excluding hydrogens is 192 g/mol. The Morgan fingerprint density at radius 1 is 1.64 bits per heavy atom. The van der Waals surface area contributed by atoms with E-state index in [4.69, 9.17) is 0 Å². The average Bonchev–Trinajstić information content (AvgIpc) is 2.01. The number of nitrogens with one attached hydrogen (secondary N) is 1. The molecule has 1 N–H and O–H groups in total. The van der Waals surface area contributed by atoms with Crippen LogP contribution in [-0.2, 0) is 0 Å². The summed E-state index contributed by atoms with van der Waals surface area (Å²) in [6.45, 7) is 0.347. The van der Waals surface area contributed by atoms with Gasteiger partial charge in [-0.2, -0.15) is 0 Å². The zero-order valence-electron chi connectivity index (χ0n) is 7.92. The Kier molecular flexibility index (Phi) is 2.83. The van der Waals surface area contributed by atoms with Gasteiger partial charge in [-0.1, -0.05) is 0 Å². The molecule has 0 bridgehead atoms. The molecule has 4 nitrogen and oxygen atoms in total. The van der Waals surface area contributed by atoms with Crippen LogP contribution in [0.15, 0.2) is 17.2 Å². The molecule has 0 radical (unpaired) electrons. The summed E-state index contributed by atoms with van der Waals surface area (Å²) in [6.07, 6.45) is 1.18. The standard InChI is InChI=1S/C8H11F2N3O/c1-8(9,10)4-13(2)6-3-7(14)12-5-11-6/h3,5H,4H2,1-2H3,(H,11,12,14). The molecule has 1 aromatic rings. The normalized spacial score (nSPS) is 11.4. The van der Waals surface area contributed by atoms with Gasteiger partial charge in [-0.05, 0) is 0 Å². The highest BCUT2D eigenvalue weighted by Gasteiger charge is 2.24. The molecule has 6 heteroatoms. The molecule has 0 aliphatic rings. The van der Waals surface area contributed by atoms with Gasteiger partial charge in [0.1, 0.15) is 5.82 Å². The smallest absolute Gasteiger partial charge is 0.262 e. The molecule has 0 aromatic carbocycles. The van der Waals surface area contributed by atoms with E-state index in [1.54, 1.807) is 0 Å². The van der Waals surface area contributed by atoms with Crippen LogP contribution in [0.25, 0.3) is 0 Å². The maximum atomic E-state index is 12.6. The quantitative estimate of drug-likeness (QED) is 0.792. The van der Waals surface area contributed by atoms with Crippen LogP contribution in [-0.4, -0.2) is 29.5 Å². The van der Waals surface area contributed by atoms with E-state index >= 15 is 0 Å². The second-order valence-electron chi connectivity index (χ2n) is 3.20. The summed E-state index contributed by atoms with van der Waals surface area (Å²) in [6, 6.07) is 1.17. The van der Waals surface area contributed by atoms with Gasteiger partial charge in [-0.25, -0.2) is 13.8 Å². The van der Waals surface area contributed by atoms with Gasteiger partial charge in [0.05, 0.1) is 12.9 Å². The number of hydrogen-bond acceptors (Lipinski definition) is 3. The van der Waals surface area contributed by atoms with Crippen molar-refractivity contribution >= 4 is 5.82 Å². The van der Waals surface area contributed by atoms with E-state index in [9.17, 15) is 13.6 Å². The SMILES string of the molecule is CN(CC(C)(F)F)c1cc(=O)[nH]cn1. The van der Waals surface area contributed by atoms with Crippen LogP contribution in [0.1, 0.15) is 6.92 Å². The van der Waals surface area contributed by atoms with Crippen molar-refractivity contribution in [2.75, 3.05) is 18.5 Å². The van der Waals surface area contributed by atoms with Crippen molar-refractivity contribution in [2.24, 2.45) is 0 Å². The third-order valence-corrected chi connectivity index (χ3v) is 1.57. The van der Waals surface area contributed by atoms with E-state index in [0.717, 1.165) is 6.92 Å². The first-order chi connectivity index (χ1) is 6.38. The molecule has 0 saturated carbocycles. The van der Waals surface area contributed by atoms with Gasteiger partial charge in [0, 0.05) is 20.0 Å². The van der Waals surface area contributed by atoms with Gasteiger partial charge < -0.3 is 9.88 Å². The van der Waals surface area contributed by atoms with Gasteiger partial charge in [0.25, 0.3) is 11.5 Å². The predicted octanol–water partition coefficient (Wildman–Crippen LogP) is 0.861. The number of aromatic amines is 1. The van der Waals surface area contributed by atoms with Crippen molar-refractivity contribution in [3.8, 4) is 0 Å². The summed E-state index contributed by atoms with van der Waals surface area (Å²) in [5.74, 6) is -2.57. The van der Waals surface area contributed by atoms with Gasteiger partial charge in [0.2, 0.25) is 0 Å². The van der Waals surface area contributed by atoms with E-state index in [-0.39, 0.29) is 11.4 Å². The van der Waals surface area contributed by atoms with Crippen LogP contribution in [0.2, 0.25) is 0 Å². The molecule has 0 aliphatic carbocycles. The molecule has 0 atom stereocenters. The molecule has 78 valence electrons. The Bertz CT molecular complexity index is 358. The highest BCUT2D eigenvalue weighted by atomic mass is 19.3. The fourth-order valence-corrected chi connectivity index (χ4v) is 1.06. The maximum absolute atomic E-state index is 12.6. The summed E-state index contributed by atoms with van der Waals surface area (Å²) in [4.78, 5) is 18.2. The summed E-state index contributed by atoms with van der Waals surface area (Å²) >= 11 is 0. The lowest BCUT2D eigenvalue weighted by molar-refractivity contribution is 0.0309. The average molecular weight is 203 g/mol. The zero-order valence-corrected chi connectivity index (χ0v) is 7.92. The predicted molar refractivity (Wildman–Crippen MR) is 48.7 cm³/mol. The summed E-state index contributed by atoms with van der Waals surface area (Å²) in [5.41, 5.74) is -0.360. The lowest BCUT2D eigenvalue weighted by atomic mass is 10.3. The number of anilines is 1. The second kappa shape index (κ2) is 3.73. The van der Waals surface area contributed by atoms with Crippen LogP contribution in [0.4, 0.5) is 14.6 Å². The Labute approximate surface area is 79.6 Å². The van der Waals surface area contributed by atoms with Crippen molar-refractivity contribution < 1.29 is 8.78 Å². The lowest BCUT2D eigenvalue weighted by Crippen LogP contribution is -2.33. The second-order valence-corrected chi connectivity index (χ2v) is 3.20. The van der Waals surface area contributed by atoms with Gasteiger partial charge in [0.15, 0.2) is 0 Å². The summed E-state index contributed by atoms with van der Waals surface area (Å²) in [7, 11) is 1.46. The van der Waals surface area contributed by atoms with Crippen molar-refractivity contribution in [1.82, 2.24) is 9.97 Å². The fraction of sp³-hybridized carbons (Fsp3) is 0.500. The number of nitrogens with zero attached hydrogens (tertiary/aromatic N) is 2. The molecule has 14 heavy (non-hydrogen) atoms. The molecule has 0 aliphatic heterocycles. The molecule has 0 unspecified atom stereocenters. The number of H-pyrrole nitrogens is 1. The summed E-state index contributed by atoms with van der Waals surface area (Å²) < 4.78 is 25.2. The van der Waals surface area contributed by atoms with E-state index in [1.165, 1.54) is 24.3 Å². The number of halogens is 2. The molecule has 0 fully saturated rings. The topological polar surface area (TPSA) is 49.0 Å². The molecular formula is C8H11F2N3O.